The quantitative estimate of drug-likeness (QED) is 0.863. The number of hydrogen-bond donors (Lipinski definition) is 1. The summed E-state index contributed by atoms with van der Waals surface area (Å²) in [6.07, 6.45) is 3.26. The standard InChI is InChI=1S/C18H23FN2O2/c1-17(2)12-7-8-18(17,3)15(10-12)20-21-16(22)11-5-6-14(23-4)13(19)9-11/h5-6,9,12H,7-8,10H2,1-4H3,(H,21,22)/b20-15-/t12-,18-/m1/s1. The number of halogens is 1. The van der Waals surface area contributed by atoms with Crippen LogP contribution in [0.15, 0.2) is 23.3 Å². The summed E-state index contributed by atoms with van der Waals surface area (Å²) in [7, 11) is 1.39. The monoisotopic (exact) mass is 318 g/mol. The molecule has 0 unspecified atom stereocenters. The number of carbonyl (C=O) groups excluding carboxylic acids is 1. The first-order valence-corrected chi connectivity index (χ1v) is 8.00. The van der Waals surface area contributed by atoms with Gasteiger partial charge in [-0.05, 0) is 48.8 Å². The number of amides is 1. The average molecular weight is 318 g/mol. The summed E-state index contributed by atoms with van der Waals surface area (Å²) in [6, 6.07) is 4.14. The van der Waals surface area contributed by atoms with Crippen LogP contribution in [-0.2, 0) is 0 Å². The van der Waals surface area contributed by atoms with E-state index >= 15 is 0 Å². The fourth-order valence-electron chi connectivity index (χ4n) is 4.09. The Labute approximate surface area is 136 Å². The lowest BCUT2D eigenvalue weighted by atomic mass is 9.70. The normalized spacial score (nSPS) is 29.8. The Kier molecular flexibility index (Phi) is 3.69. The van der Waals surface area contributed by atoms with E-state index in [0.29, 0.717) is 5.92 Å². The lowest BCUT2D eigenvalue weighted by molar-refractivity contribution is 0.0953. The maximum Gasteiger partial charge on any atom is 0.271 e. The predicted octanol–water partition coefficient (Wildman–Crippen LogP) is 3.77. The second kappa shape index (κ2) is 5.32. The minimum atomic E-state index is -0.555. The van der Waals surface area contributed by atoms with Crippen LogP contribution in [0.3, 0.4) is 0 Å². The molecule has 1 aromatic carbocycles. The zero-order chi connectivity index (χ0) is 16.8. The summed E-state index contributed by atoms with van der Waals surface area (Å²) in [5, 5.41) is 4.39. The zero-order valence-electron chi connectivity index (χ0n) is 14.1. The molecule has 1 N–H and O–H groups in total. The number of benzene rings is 1. The van der Waals surface area contributed by atoms with E-state index in [1.54, 1.807) is 0 Å². The van der Waals surface area contributed by atoms with Gasteiger partial charge in [-0.3, -0.25) is 4.79 Å². The Bertz CT molecular complexity index is 684. The molecule has 23 heavy (non-hydrogen) atoms. The van der Waals surface area contributed by atoms with Gasteiger partial charge in [0.1, 0.15) is 0 Å². The van der Waals surface area contributed by atoms with Crippen LogP contribution in [0.25, 0.3) is 0 Å². The van der Waals surface area contributed by atoms with Crippen LogP contribution in [0, 0.1) is 22.6 Å². The van der Waals surface area contributed by atoms with E-state index in [0.717, 1.165) is 18.6 Å². The molecule has 0 spiro atoms. The lowest BCUT2D eigenvalue weighted by Crippen LogP contribution is -2.34. The molecule has 2 bridgehead atoms. The third kappa shape index (κ3) is 2.33. The van der Waals surface area contributed by atoms with E-state index in [4.69, 9.17) is 4.74 Å². The molecule has 124 valence electrons. The highest BCUT2D eigenvalue weighted by Gasteiger charge is 2.60. The van der Waals surface area contributed by atoms with Gasteiger partial charge in [0.15, 0.2) is 11.6 Å². The van der Waals surface area contributed by atoms with E-state index in [2.05, 4.69) is 31.3 Å². The van der Waals surface area contributed by atoms with Gasteiger partial charge in [-0.2, -0.15) is 5.10 Å². The molecule has 0 aliphatic heterocycles. The Morgan fingerprint density at radius 2 is 2.13 bits per heavy atom. The Morgan fingerprint density at radius 3 is 2.65 bits per heavy atom. The van der Waals surface area contributed by atoms with Crippen molar-refractivity contribution in [1.82, 2.24) is 5.43 Å². The fraction of sp³-hybridized carbons (Fsp3) is 0.556. The molecule has 0 heterocycles. The van der Waals surface area contributed by atoms with Crippen molar-refractivity contribution in [2.75, 3.05) is 7.11 Å². The minimum Gasteiger partial charge on any atom is -0.494 e. The van der Waals surface area contributed by atoms with Gasteiger partial charge in [-0.25, -0.2) is 9.82 Å². The minimum absolute atomic E-state index is 0.0378. The second-order valence-electron chi connectivity index (χ2n) is 7.34. The van der Waals surface area contributed by atoms with Crippen molar-refractivity contribution in [3.63, 3.8) is 0 Å². The number of hydrazone groups is 1. The molecule has 2 aliphatic carbocycles. The van der Waals surface area contributed by atoms with Crippen molar-refractivity contribution in [2.24, 2.45) is 21.8 Å². The summed E-state index contributed by atoms with van der Waals surface area (Å²) < 4.78 is 18.6. The third-order valence-electron chi connectivity index (χ3n) is 6.22. The van der Waals surface area contributed by atoms with Crippen LogP contribution < -0.4 is 10.2 Å². The van der Waals surface area contributed by atoms with Crippen molar-refractivity contribution >= 4 is 11.6 Å². The highest BCUT2D eigenvalue weighted by Crippen LogP contribution is 2.63. The van der Waals surface area contributed by atoms with Crippen molar-refractivity contribution in [2.45, 2.75) is 40.0 Å². The van der Waals surface area contributed by atoms with Crippen molar-refractivity contribution in [1.29, 1.82) is 0 Å². The molecule has 2 atom stereocenters. The van der Waals surface area contributed by atoms with E-state index in [1.807, 2.05) is 0 Å². The summed E-state index contributed by atoms with van der Waals surface area (Å²) in [4.78, 5) is 12.2. The Morgan fingerprint density at radius 1 is 1.39 bits per heavy atom. The van der Waals surface area contributed by atoms with E-state index < -0.39 is 11.7 Å². The highest BCUT2D eigenvalue weighted by molar-refractivity contribution is 5.98. The number of ether oxygens (including phenoxy) is 1. The predicted molar refractivity (Wildman–Crippen MR) is 87.1 cm³/mol. The first-order valence-electron chi connectivity index (χ1n) is 8.00. The van der Waals surface area contributed by atoms with Gasteiger partial charge in [0.2, 0.25) is 0 Å². The molecular formula is C18H23FN2O2. The van der Waals surface area contributed by atoms with Crippen LogP contribution in [0.5, 0.6) is 5.75 Å². The van der Waals surface area contributed by atoms with E-state index in [9.17, 15) is 9.18 Å². The number of rotatable bonds is 3. The summed E-state index contributed by atoms with van der Waals surface area (Å²) in [6.45, 7) is 6.81. The molecule has 2 aliphatic rings. The van der Waals surface area contributed by atoms with Crippen molar-refractivity contribution < 1.29 is 13.9 Å². The van der Waals surface area contributed by atoms with Crippen LogP contribution in [-0.4, -0.2) is 18.7 Å². The van der Waals surface area contributed by atoms with Gasteiger partial charge in [0.25, 0.3) is 5.91 Å². The molecule has 2 fully saturated rings. The number of nitrogens with one attached hydrogen (secondary N) is 1. The Hall–Kier alpha value is -1.91. The number of methoxy groups -OCH3 is 1. The van der Waals surface area contributed by atoms with Gasteiger partial charge in [-0.15, -0.1) is 0 Å². The molecule has 0 aromatic heterocycles. The Balaban J connectivity index is 1.76. The highest BCUT2D eigenvalue weighted by atomic mass is 19.1. The van der Waals surface area contributed by atoms with Gasteiger partial charge < -0.3 is 4.74 Å². The SMILES string of the molecule is COc1ccc(C(=O)N/N=C2/C[C@H]3CC[C@@]2(C)C3(C)C)cc1F. The first-order chi connectivity index (χ1) is 10.8. The summed E-state index contributed by atoms with van der Waals surface area (Å²) in [5.74, 6) is -0.208. The number of hydrogen-bond acceptors (Lipinski definition) is 3. The summed E-state index contributed by atoms with van der Waals surface area (Å²) in [5.41, 5.74) is 4.14. The molecule has 0 saturated heterocycles. The molecule has 1 aromatic rings. The number of carbonyl (C=O) groups is 1. The van der Waals surface area contributed by atoms with Crippen LogP contribution in [0.4, 0.5) is 4.39 Å². The van der Waals surface area contributed by atoms with Crippen LogP contribution in [0.2, 0.25) is 0 Å². The zero-order valence-corrected chi connectivity index (χ0v) is 14.1. The van der Waals surface area contributed by atoms with Crippen molar-refractivity contribution in [3.8, 4) is 5.75 Å². The topological polar surface area (TPSA) is 50.7 Å². The molecule has 3 rings (SSSR count). The average Bonchev–Trinajstić information content (AvgIpc) is 2.85. The first kappa shape index (κ1) is 16.0. The van der Waals surface area contributed by atoms with E-state index in [1.165, 1.54) is 31.7 Å². The largest absolute Gasteiger partial charge is 0.494 e. The number of nitrogens with zero attached hydrogens (tertiary/aromatic N) is 1. The molecule has 2 saturated carbocycles. The van der Waals surface area contributed by atoms with Gasteiger partial charge >= 0.3 is 0 Å². The van der Waals surface area contributed by atoms with Gasteiger partial charge in [0, 0.05) is 16.7 Å². The van der Waals surface area contributed by atoms with E-state index in [-0.39, 0.29) is 22.1 Å². The summed E-state index contributed by atoms with van der Waals surface area (Å²) >= 11 is 0. The third-order valence-corrected chi connectivity index (χ3v) is 6.22. The molecular weight excluding hydrogens is 295 g/mol. The van der Waals surface area contributed by atoms with Crippen LogP contribution in [0.1, 0.15) is 50.4 Å². The van der Waals surface area contributed by atoms with Crippen LogP contribution >= 0.6 is 0 Å². The molecule has 5 heteroatoms. The number of fused-ring (bicyclic) bond motifs is 2. The molecule has 1 amide bonds. The maximum absolute atomic E-state index is 13.7. The fourth-order valence-corrected chi connectivity index (χ4v) is 4.09. The lowest BCUT2D eigenvalue weighted by Gasteiger charge is -2.34. The van der Waals surface area contributed by atoms with Gasteiger partial charge in [0.05, 0.1) is 7.11 Å². The second-order valence-corrected chi connectivity index (χ2v) is 7.34. The molecule has 0 radical (unpaired) electrons. The smallest absolute Gasteiger partial charge is 0.271 e. The maximum atomic E-state index is 13.7. The molecule has 4 nitrogen and oxygen atoms in total. The van der Waals surface area contributed by atoms with Gasteiger partial charge in [-0.1, -0.05) is 20.8 Å². The van der Waals surface area contributed by atoms with Crippen molar-refractivity contribution in [3.05, 3.63) is 29.6 Å².